The van der Waals surface area contributed by atoms with Crippen LogP contribution in [-0.2, 0) is 7.05 Å². The van der Waals surface area contributed by atoms with E-state index in [4.69, 9.17) is 0 Å². The number of nitrogens with one attached hydrogen (secondary N) is 1. The molecule has 1 saturated heterocycles. The van der Waals surface area contributed by atoms with Crippen molar-refractivity contribution in [2.75, 3.05) is 26.2 Å². The maximum absolute atomic E-state index is 12.1. The number of carbonyl (C=O) groups is 1. The fourth-order valence-electron chi connectivity index (χ4n) is 2.64. The smallest absolute Gasteiger partial charge is 0.271 e. The molecular weight excluding hydrogens is 276 g/mol. The monoisotopic (exact) mass is 302 g/mol. The largest absolute Gasteiger partial charge is 0.350 e. The highest BCUT2D eigenvalue weighted by Gasteiger charge is 2.20. The number of hydrogen-bond donors (Lipinski definition) is 1. The molecule has 0 aliphatic carbocycles. The minimum atomic E-state index is -0.0695. The molecular formula is C17H26N4O. The Morgan fingerprint density at radius 1 is 1.41 bits per heavy atom. The zero-order valence-electron chi connectivity index (χ0n) is 13.9. The average Bonchev–Trinajstić information content (AvgIpc) is 2.86. The Morgan fingerprint density at radius 3 is 2.73 bits per heavy atom. The fraction of sp³-hybridized carbons (Fsp3) is 0.647. The highest BCUT2D eigenvalue weighted by molar-refractivity contribution is 5.92. The van der Waals surface area contributed by atoms with Gasteiger partial charge < -0.3 is 5.32 Å². The van der Waals surface area contributed by atoms with E-state index in [2.05, 4.69) is 34.1 Å². The van der Waals surface area contributed by atoms with Crippen molar-refractivity contribution in [2.24, 2.45) is 13.0 Å². The van der Waals surface area contributed by atoms with Gasteiger partial charge in [-0.3, -0.25) is 14.4 Å². The molecule has 0 radical (unpaired) electrons. The van der Waals surface area contributed by atoms with Crippen LogP contribution in [-0.4, -0.2) is 46.8 Å². The van der Waals surface area contributed by atoms with Gasteiger partial charge in [-0.15, -0.1) is 5.92 Å². The van der Waals surface area contributed by atoms with Crippen molar-refractivity contribution >= 4 is 5.91 Å². The van der Waals surface area contributed by atoms with Crippen LogP contribution in [0.15, 0.2) is 6.07 Å². The number of piperidine rings is 1. The number of aryl methyl sites for hydroxylation is 2. The third kappa shape index (κ3) is 4.60. The number of amides is 1. The molecule has 5 heteroatoms. The van der Waals surface area contributed by atoms with E-state index in [9.17, 15) is 4.79 Å². The van der Waals surface area contributed by atoms with Gasteiger partial charge in [-0.05, 0) is 44.8 Å². The van der Waals surface area contributed by atoms with Crippen LogP contribution in [0.1, 0.15) is 42.4 Å². The number of nitrogens with zero attached hydrogens (tertiary/aromatic N) is 3. The fourth-order valence-corrected chi connectivity index (χ4v) is 2.64. The first-order valence-electron chi connectivity index (χ1n) is 8.07. The molecule has 0 atom stereocenters. The molecule has 1 amide bonds. The van der Waals surface area contributed by atoms with Gasteiger partial charge in [-0.1, -0.05) is 12.8 Å². The molecule has 1 aromatic rings. The molecule has 0 saturated carbocycles. The normalized spacial score (nSPS) is 16.1. The number of rotatable bonds is 4. The van der Waals surface area contributed by atoms with Crippen LogP contribution in [0, 0.1) is 24.7 Å². The lowest BCUT2D eigenvalue weighted by molar-refractivity contribution is 0.0932. The minimum Gasteiger partial charge on any atom is -0.350 e. The van der Waals surface area contributed by atoms with E-state index in [-0.39, 0.29) is 5.91 Å². The summed E-state index contributed by atoms with van der Waals surface area (Å²) in [7, 11) is 1.85. The van der Waals surface area contributed by atoms with Gasteiger partial charge in [0, 0.05) is 25.7 Å². The summed E-state index contributed by atoms with van der Waals surface area (Å²) in [5, 5.41) is 7.22. The molecule has 120 valence electrons. The first kappa shape index (κ1) is 16.6. The Bertz CT molecular complexity index is 539. The van der Waals surface area contributed by atoms with Crippen molar-refractivity contribution < 1.29 is 4.79 Å². The van der Waals surface area contributed by atoms with Crippen molar-refractivity contribution in [1.82, 2.24) is 20.0 Å². The summed E-state index contributed by atoms with van der Waals surface area (Å²) in [5.74, 6) is 6.80. The predicted molar refractivity (Wildman–Crippen MR) is 87.5 cm³/mol. The van der Waals surface area contributed by atoms with Crippen LogP contribution < -0.4 is 5.32 Å². The lowest BCUT2D eigenvalue weighted by atomic mass is 9.97. The van der Waals surface area contributed by atoms with Crippen LogP contribution in [0.25, 0.3) is 0 Å². The molecule has 0 bridgehead atoms. The van der Waals surface area contributed by atoms with Gasteiger partial charge >= 0.3 is 0 Å². The Hall–Kier alpha value is -1.80. The zero-order chi connectivity index (χ0) is 15.9. The van der Waals surface area contributed by atoms with Crippen LogP contribution in [0.5, 0.6) is 0 Å². The molecule has 0 unspecified atom stereocenters. The third-order valence-corrected chi connectivity index (χ3v) is 4.21. The van der Waals surface area contributed by atoms with Gasteiger partial charge in [0.15, 0.2) is 0 Å². The highest BCUT2D eigenvalue weighted by Crippen LogP contribution is 2.16. The Labute approximate surface area is 133 Å². The van der Waals surface area contributed by atoms with Crippen molar-refractivity contribution in [1.29, 1.82) is 0 Å². The number of carbonyl (C=O) groups excluding carboxylic acids is 1. The quantitative estimate of drug-likeness (QED) is 0.859. The van der Waals surface area contributed by atoms with Crippen LogP contribution in [0.2, 0.25) is 0 Å². The summed E-state index contributed by atoms with van der Waals surface area (Å²) in [6.07, 6.45) is 3.17. The molecule has 5 nitrogen and oxygen atoms in total. The van der Waals surface area contributed by atoms with Crippen molar-refractivity contribution in [3.8, 4) is 11.8 Å². The highest BCUT2D eigenvalue weighted by atomic mass is 16.1. The molecule has 0 spiro atoms. The van der Waals surface area contributed by atoms with Gasteiger partial charge in [-0.2, -0.15) is 5.10 Å². The van der Waals surface area contributed by atoms with Gasteiger partial charge in [-0.25, -0.2) is 0 Å². The lowest BCUT2D eigenvalue weighted by Crippen LogP contribution is -2.38. The predicted octanol–water partition coefficient (Wildman–Crippen LogP) is 1.58. The van der Waals surface area contributed by atoms with Crippen molar-refractivity contribution in [3.05, 3.63) is 17.5 Å². The Balaban J connectivity index is 1.71. The lowest BCUT2D eigenvalue weighted by Gasteiger charge is -2.30. The number of likely N-dealkylation sites (tertiary alicyclic amines) is 1. The summed E-state index contributed by atoms with van der Waals surface area (Å²) < 4.78 is 1.73. The van der Waals surface area contributed by atoms with Gasteiger partial charge in [0.25, 0.3) is 5.91 Å². The summed E-state index contributed by atoms with van der Waals surface area (Å²) in [6.45, 7) is 7.78. The van der Waals surface area contributed by atoms with Gasteiger partial charge in [0.2, 0.25) is 0 Å². The molecule has 22 heavy (non-hydrogen) atoms. The van der Waals surface area contributed by atoms with Crippen LogP contribution in [0.4, 0.5) is 0 Å². The summed E-state index contributed by atoms with van der Waals surface area (Å²) in [4.78, 5) is 14.5. The van der Waals surface area contributed by atoms with Crippen LogP contribution >= 0.6 is 0 Å². The van der Waals surface area contributed by atoms with E-state index in [1.165, 1.54) is 0 Å². The van der Waals surface area contributed by atoms with E-state index in [1.807, 2.05) is 20.0 Å². The Morgan fingerprint density at radius 2 is 2.14 bits per heavy atom. The second kappa shape index (κ2) is 8.00. The van der Waals surface area contributed by atoms with E-state index in [1.54, 1.807) is 4.68 Å². The SMILES string of the molecule is CCC#CCN1CCC(CNC(=O)c2cc(C)n(C)n2)CC1. The van der Waals surface area contributed by atoms with Crippen LogP contribution in [0.3, 0.4) is 0 Å². The molecule has 2 heterocycles. The molecule has 1 N–H and O–H groups in total. The Kier molecular flexibility index (Phi) is 6.02. The van der Waals surface area contributed by atoms with Gasteiger partial charge in [0.05, 0.1) is 6.54 Å². The van der Waals surface area contributed by atoms with E-state index in [0.717, 1.165) is 51.1 Å². The van der Waals surface area contributed by atoms with E-state index < -0.39 is 0 Å². The standard InChI is InChI=1S/C17H26N4O/c1-4-5-6-9-21-10-7-15(8-11-21)13-18-17(22)16-12-14(2)20(3)19-16/h12,15H,4,7-11,13H2,1-3H3,(H,18,22). The van der Waals surface area contributed by atoms with Crippen molar-refractivity contribution in [2.45, 2.75) is 33.1 Å². The summed E-state index contributed by atoms with van der Waals surface area (Å²) in [6, 6.07) is 1.82. The van der Waals surface area contributed by atoms with Crippen molar-refractivity contribution in [3.63, 3.8) is 0 Å². The first-order valence-corrected chi connectivity index (χ1v) is 8.07. The number of hydrogen-bond acceptors (Lipinski definition) is 3. The first-order chi connectivity index (χ1) is 10.6. The molecule has 2 rings (SSSR count). The topological polar surface area (TPSA) is 50.2 Å². The summed E-state index contributed by atoms with van der Waals surface area (Å²) >= 11 is 0. The van der Waals surface area contributed by atoms with Gasteiger partial charge in [0.1, 0.15) is 5.69 Å². The maximum atomic E-state index is 12.1. The molecule has 1 aliphatic rings. The summed E-state index contributed by atoms with van der Waals surface area (Å²) in [5.41, 5.74) is 1.50. The zero-order valence-corrected chi connectivity index (χ0v) is 13.9. The third-order valence-electron chi connectivity index (χ3n) is 4.21. The minimum absolute atomic E-state index is 0.0695. The maximum Gasteiger partial charge on any atom is 0.271 e. The van der Waals surface area contributed by atoms with E-state index in [0.29, 0.717) is 11.6 Å². The molecule has 1 fully saturated rings. The second-order valence-electron chi connectivity index (χ2n) is 5.93. The molecule has 1 aliphatic heterocycles. The second-order valence-corrected chi connectivity index (χ2v) is 5.93. The molecule has 1 aromatic heterocycles. The molecule has 0 aromatic carbocycles. The van der Waals surface area contributed by atoms with E-state index >= 15 is 0 Å². The average molecular weight is 302 g/mol. The number of aromatic nitrogens is 2.